The molecule has 0 nitrogen and oxygen atoms in total. The molecule has 0 aliphatic heterocycles. The van der Waals surface area contributed by atoms with Crippen molar-refractivity contribution < 1.29 is 20.8 Å². The Bertz CT molecular complexity index is 856. The van der Waals surface area contributed by atoms with Gasteiger partial charge in [0.25, 0.3) is 0 Å². The summed E-state index contributed by atoms with van der Waals surface area (Å²) >= 11 is -0.826. The molecule has 4 heteroatoms. The van der Waals surface area contributed by atoms with Crippen molar-refractivity contribution in [1.82, 2.24) is 0 Å². The third-order valence-electron chi connectivity index (χ3n) is 3.70. The molecule has 0 N–H and O–H groups in total. The van der Waals surface area contributed by atoms with Crippen LogP contribution in [0.4, 0.5) is 0 Å². The minimum Gasteiger partial charge on any atom is -0.184 e. The number of fused-ring (bicyclic) bond motifs is 2. The first kappa shape index (κ1) is 28.3. The predicted molar refractivity (Wildman–Crippen MR) is 132 cm³/mol. The summed E-state index contributed by atoms with van der Waals surface area (Å²) in [5, 5.41) is 5.32. The molecule has 5 aromatic rings. The molecule has 0 fully saturated rings. The van der Waals surface area contributed by atoms with Gasteiger partial charge in [-0.1, -0.05) is 12.1 Å². The van der Waals surface area contributed by atoms with Crippen LogP contribution in [0, 0.1) is 12.6 Å². The Morgan fingerprint density at radius 2 is 1.07 bits per heavy atom. The van der Waals surface area contributed by atoms with Gasteiger partial charge in [0.1, 0.15) is 0 Å². The van der Waals surface area contributed by atoms with Gasteiger partial charge in [0.15, 0.2) is 0 Å². The van der Waals surface area contributed by atoms with E-state index in [4.69, 9.17) is 17.0 Å². The van der Waals surface area contributed by atoms with Gasteiger partial charge in [0.05, 0.1) is 0 Å². The van der Waals surface area contributed by atoms with E-state index < -0.39 is 20.8 Å². The molecule has 0 aromatic heterocycles. The van der Waals surface area contributed by atoms with Crippen LogP contribution in [0.2, 0.25) is 0 Å². The summed E-state index contributed by atoms with van der Waals surface area (Å²) in [5.41, 5.74) is 0. The Morgan fingerprint density at radius 1 is 0.667 bits per heavy atom. The smallest absolute Gasteiger partial charge is 0 e. The fourth-order valence-electron chi connectivity index (χ4n) is 2.48. The third kappa shape index (κ3) is 11.5. The molecule has 4 radical (unpaired) electrons. The van der Waals surface area contributed by atoms with E-state index >= 15 is 0 Å². The molecule has 5 aromatic carbocycles. The zero-order valence-electron chi connectivity index (χ0n) is 16.5. The van der Waals surface area contributed by atoms with Crippen molar-refractivity contribution >= 4 is 49.5 Å². The standard InChI is InChI=1S/2C9H7.C6H5.C2H3.2ClH.Si.Zr/c2*1-2-5-9-7-3-6-8(9)4-1;1-2-4-6-5-3-1;1-2;;;;/h2*1-7H;1-5H;1H,2H2;2*1H;;/q4*-1;;;;+2/p-2. The van der Waals surface area contributed by atoms with Crippen molar-refractivity contribution in [2.75, 3.05) is 0 Å². The van der Waals surface area contributed by atoms with Crippen LogP contribution in [-0.2, 0) is 20.8 Å². The van der Waals surface area contributed by atoms with Crippen LogP contribution in [0.15, 0.2) is 122 Å². The summed E-state index contributed by atoms with van der Waals surface area (Å²) < 4.78 is 0. The minimum atomic E-state index is -0.826. The molecule has 0 atom stereocenters. The quantitative estimate of drug-likeness (QED) is 0.141. The van der Waals surface area contributed by atoms with Gasteiger partial charge >= 0.3 is 37.9 Å². The van der Waals surface area contributed by atoms with Crippen LogP contribution in [0.5, 0.6) is 0 Å². The molecule has 152 valence electrons. The zero-order chi connectivity index (χ0) is 21.2. The monoisotopic (exact) mass is 522 g/mol. The Morgan fingerprint density at radius 3 is 1.37 bits per heavy atom. The van der Waals surface area contributed by atoms with Crippen molar-refractivity contribution in [3.63, 3.8) is 0 Å². The van der Waals surface area contributed by atoms with Gasteiger partial charge in [-0.15, -0.1) is 59.3 Å². The SMILES string of the molecule is [CH-]=C.[Cl][Zr][Cl].[Si].[c-]1ccccc1.c1ccc2[cH-]ccc2c1.c1ccc2[cH-]ccc2c1. The van der Waals surface area contributed by atoms with Crippen molar-refractivity contribution in [2.24, 2.45) is 0 Å². The fraction of sp³-hybridized carbons (Fsp3) is 0. The topological polar surface area (TPSA) is 0 Å². The number of hydrogen-bond acceptors (Lipinski definition) is 0. The Hall–Kier alpha value is -1.70. The second-order valence-corrected chi connectivity index (χ2v) is 9.19. The van der Waals surface area contributed by atoms with Crippen LogP contribution in [0.3, 0.4) is 0 Å². The van der Waals surface area contributed by atoms with Gasteiger partial charge < -0.3 is 6.58 Å². The molecule has 5 rings (SSSR count). The van der Waals surface area contributed by atoms with Crippen molar-refractivity contribution in [3.8, 4) is 0 Å². The maximum absolute atomic E-state index is 4.93. The van der Waals surface area contributed by atoms with Crippen molar-refractivity contribution in [1.29, 1.82) is 0 Å². The second kappa shape index (κ2) is 19.3. The first-order chi connectivity index (χ1) is 14.3. The first-order valence-electron chi connectivity index (χ1n) is 8.84. The molecule has 0 saturated heterocycles. The van der Waals surface area contributed by atoms with E-state index in [1.165, 1.54) is 21.5 Å². The van der Waals surface area contributed by atoms with Crippen LogP contribution >= 0.6 is 17.0 Å². The largest absolute Gasteiger partial charge is 0.184 e. The first-order valence-corrected chi connectivity index (χ1v) is 15.2. The molecule has 0 saturated carbocycles. The fourth-order valence-corrected chi connectivity index (χ4v) is 2.48. The second-order valence-electron chi connectivity index (χ2n) is 5.46. The molecule has 0 amide bonds. The Labute approximate surface area is 203 Å². The molecular formula is C26H22Cl2SiZr-4. The molecule has 0 unspecified atom stereocenters. The molecule has 0 aliphatic rings. The summed E-state index contributed by atoms with van der Waals surface area (Å²) in [4.78, 5) is 0. The van der Waals surface area contributed by atoms with Gasteiger partial charge in [0, 0.05) is 11.0 Å². The number of benzene rings is 3. The summed E-state index contributed by atoms with van der Waals surface area (Å²) in [7, 11) is 9.87. The van der Waals surface area contributed by atoms with E-state index in [9.17, 15) is 0 Å². The molecule has 0 aliphatic carbocycles. The molecule has 0 spiro atoms. The summed E-state index contributed by atoms with van der Waals surface area (Å²) in [5.74, 6) is 0. The van der Waals surface area contributed by atoms with Crippen LogP contribution in [0.25, 0.3) is 21.5 Å². The number of rotatable bonds is 0. The van der Waals surface area contributed by atoms with Crippen molar-refractivity contribution in [2.45, 2.75) is 0 Å². The van der Waals surface area contributed by atoms with E-state index in [-0.39, 0.29) is 11.0 Å². The summed E-state index contributed by atoms with van der Waals surface area (Å²) in [6, 6.07) is 41.8. The van der Waals surface area contributed by atoms with E-state index in [0.717, 1.165) is 0 Å². The minimum absolute atomic E-state index is 0. The van der Waals surface area contributed by atoms with Crippen LogP contribution < -0.4 is 0 Å². The third-order valence-corrected chi connectivity index (χ3v) is 3.70. The van der Waals surface area contributed by atoms with E-state index in [1.54, 1.807) is 0 Å². The number of hydrogen-bond donors (Lipinski definition) is 0. The van der Waals surface area contributed by atoms with Gasteiger partial charge in [-0.2, -0.15) is 71.4 Å². The summed E-state index contributed by atoms with van der Waals surface area (Å²) in [6.45, 7) is 7.00. The van der Waals surface area contributed by atoms with Gasteiger partial charge in [-0.3, -0.25) is 6.58 Å². The molecule has 0 bridgehead atoms. The summed E-state index contributed by atoms with van der Waals surface area (Å²) in [6.07, 6.45) is 0. The van der Waals surface area contributed by atoms with Crippen LogP contribution in [0.1, 0.15) is 0 Å². The maximum atomic E-state index is 4.93. The Balaban J connectivity index is 0.000000381. The molecule has 30 heavy (non-hydrogen) atoms. The van der Waals surface area contributed by atoms with E-state index in [1.807, 2.05) is 30.3 Å². The van der Waals surface area contributed by atoms with Gasteiger partial charge in [-0.25, -0.2) is 0 Å². The normalized spacial score (nSPS) is 8.33. The predicted octanol–water partition coefficient (Wildman–Crippen LogP) is 8.21. The van der Waals surface area contributed by atoms with Gasteiger partial charge in [-0.05, 0) is 0 Å². The van der Waals surface area contributed by atoms with Crippen molar-refractivity contribution in [3.05, 3.63) is 134 Å². The van der Waals surface area contributed by atoms with E-state index in [0.29, 0.717) is 0 Å². The van der Waals surface area contributed by atoms with Gasteiger partial charge in [0.2, 0.25) is 0 Å². The number of halogens is 2. The van der Waals surface area contributed by atoms with Crippen LogP contribution in [-0.4, -0.2) is 11.0 Å². The zero-order valence-corrected chi connectivity index (χ0v) is 21.5. The Kier molecular flexibility index (Phi) is 18.2. The van der Waals surface area contributed by atoms with E-state index in [2.05, 4.69) is 104 Å². The maximum Gasteiger partial charge on any atom is 0 e. The average Bonchev–Trinajstić information content (AvgIpc) is 3.47. The molecule has 0 heterocycles. The average molecular weight is 525 g/mol. The molecular weight excluding hydrogens is 503 g/mol.